The molecule has 196 valence electrons. The number of likely N-dealkylation sites (tertiary alicyclic amines) is 1. The lowest BCUT2D eigenvalue weighted by Gasteiger charge is -2.31. The number of piperidine rings is 1. The van der Waals surface area contributed by atoms with Gasteiger partial charge in [-0.3, -0.25) is 4.79 Å². The van der Waals surface area contributed by atoms with E-state index in [1.165, 1.54) is 6.07 Å². The van der Waals surface area contributed by atoms with Crippen LogP contribution < -0.4 is 15.8 Å². The molecule has 1 aliphatic heterocycles. The molecule has 37 heavy (non-hydrogen) atoms. The Balaban J connectivity index is 1.61. The molecule has 4 rings (SSSR count). The summed E-state index contributed by atoms with van der Waals surface area (Å²) in [5.41, 5.74) is 6.37. The van der Waals surface area contributed by atoms with Gasteiger partial charge in [-0.1, -0.05) is 31.2 Å². The highest BCUT2D eigenvalue weighted by Crippen LogP contribution is 2.36. The van der Waals surface area contributed by atoms with Crippen molar-refractivity contribution >= 4 is 17.5 Å². The first-order valence-corrected chi connectivity index (χ1v) is 12.2. The molecule has 1 fully saturated rings. The maximum atomic E-state index is 13.7. The predicted molar refractivity (Wildman–Crippen MR) is 135 cm³/mol. The van der Waals surface area contributed by atoms with Crippen LogP contribution in [0.3, 0.4) is 0 Å². The van der Waals surface area contributed by atoms with Crippen LogP contribution in [0.25, 0.3) is 0 Å². The van der Waals surface area contributed by atoms with Gasteiger partial charge in [0.2, 0.25) is 11.9 Å². The molecule has 0 aliphatic carbocycles. The highest BCUT2D eigenvalue weighted by molar-refractivity contribution is 5.94. The summed E-state index contributed by atoms with van der Waals surface area (Å²) >= 11 is 0. The minimum atomic E-state index is -4.66. The van der Waals surface area contributed by atoms with Crippen molar-refractivity contribution < 1.29 is 22.7 Å². The molecule has 7 nitrogen and oxygen atoms in total. The molecule has 10 heteroatoms. The molecule has 1 saturated heterocycles. The van der Waals surface area contributed by atoms with E-state index in [-0.39, 0.29) is 23.6 Å². The third kappa shape index (κ3) is 6.19. The topological polar surface area (TPSA) is 93.4 Å². The van der Waals surface area contributed by atoms with Crippen molar-refractivity contribution in [3.8, 4) is 5.75 Å². The first-order valence-electron chi connectivity index (χ1n) is 12.2. The van der Waals surface area contributed by atoms with E-state index in [9.17, 15) is 18.0 Å². The van der Waals surface area contributed by atoms with Gasteiger partial charge >= 0.3 is 6.18 Å². The van der Waals surface area contributed by atoms with E-state index in [0.717, 1.165) is 44.2 Å². The average molecular weight is 514 g/mol. The Morgan fingerprint density at radius 1 is 1.19 bits per heavy atom. The molecular weight excluding hydrogens is 483 g/mol. The standard InChI is InChI=1S/C27H30F3N5O2/c1-3-35-12-10-17(11-13-35)18-8-9-22(24(15-18)37-2)33-26-32-16-21(27(28,29)30)23(34-26)14-19-6-4-5-7-20(19)25(31)36/h4-9,15-17H,3,10-14H2,1-2H3,(H2,31,36)(H,32,33,34). The van der Waals surface area contributed by atoms with E-state index in [2.05, 4.69) is 27.1 Å². The zero-order valence-electron chi connectivity index (χ0n) is 20.8. The molecule has 0 spiro atoms. The van der Waals surface area contributed by atoms with Crippen LogP contribution in [-0.2, 0) is 12.6 Å². The van der Waals surface area contributed by atoms with Gasteiger partial charge in [0.15, 0.2) is 0 Å². The number of anilines is 2. The molecular formula is C27H30F3N5O2. The van der Waals surface area contributed by atoms with Crippen LogP contribution in [-0.4, -0.2) is 47.5 Å². The smallest absolute Gasteiger partial charge is 0.419 e. The Labute approximate surface area is 213 Å². The molecule has 2 heterocycles. The van der Waals surface area contributed by atoms with Gasteiger partial charge in [-0.2, -0.15) is 13.2 Å². The van der Waals surface area contributed by atoms with Crippen molar-refractivity contribution in [1.82, 2.24) is 14.9 Å². The largest absolute Gasteiger partial charge is 0.495 e. The van der Waals surface area contributed by atoms with Gasteiger partial charge < -0.3 is 20.7 Å². The number of carbonyl (C=O) groups is 1. The van der Waals surface area contributed by atoms with Crippen LogP contribution in [0, 0.1) is 0 Å². The fourth-order valence-electron chi connectivity index (χ4n) is 4.71. The minimum Gasteiger partial charge on any atom is -0.495 e. The molecule has 3 aromatic rings. The molecule has 1 aromatic heterocycles. The summed E-state index contributed by atoms with van der Waals surface area (Å²) in [6.45, 7) is 5.30. The van der Waals surface area contributed by atoms with Crippen LogP contribution in [0.2, 0.25) is 0 Å². The Bertz CT molecular complexity index is 1260. The summed E-state index contributed by atoms with van der Waals surface area (Å²) in [4.78, 5) is 22.3. The Morgan fingerprint density at radius 2 is 1.92 bits per heavy atom. The van der Waals surface area contributed by atoms with Gasteiger partial charge in [0.25, 0.3) is 0 Å². The zero-order chi connectivity index (χ0) is 26.6. The molecule has 0 bridgehead atoms. The van der Waals surface area contributed by atoms with Gasteiger partial charge in [0.05, 0.1) is 24.1 Å². The molecule has 0 saturated carbocycles. The number of primary amides is 1. The number of carbonyl (C=O) groups excluding carboxylic acids is 1. The number of hydrogen-bond acceptors (Lipinski definition) is 6. The van der Waals surface area contributed by atoms with Crippen LogP contribution in [0.15, 0.2) is 48.7 Å². The Kier molecular flexibility index (Phi) is 7.97. The van der Waals surface area contributed by atoms with Crippen molar-refractivity contribution in [3.05, 3.63) is 76.6 Å². The van der Waals surface area contributed by atoms with Gasteiger partial charge in [0, 0.05) is 18.2 Å². The minimum absolute atomic E-state index is 0.0122. The summed E-state index contributed by atoms with van der Waals surface area (Å²) in [7, 11) is 1.55. The SMILES string of the molecule is CCN1CCC(c2ccc(Nc3ncc(C(F)(F)F)c(Cc4ccccc4C(N)=O)n3)c(OC)c2)CC1. The van der Waals surface area contributed by atoms with Crippen LogP contribution >= 0.6 is 0 Å². The Hall–Kier alpha value is -3.66. The normalized spacial score (nSPS) is 14.9. The number of amides is 1. The zero-order valence-corrected chi connectivity index (χ0v) is 20.8. The first kappa shape index (κ1) is 26.4. The second kappa shape index (κ2) is 11.2. The lowest BCUT2D eigenvalue weighted by atomic mass is 9.89. The van der Waals surface area contributed by atoms with Gasteiger partial charge in [-0.15, -0.1) is 0 Å². The quantitative estimate of drug-likeness (QED) is 0.434. The fraction of sp³-hybridized carbons (Fsp3) is 0.370. The fourth-order valence-corrected chi connectivity index (χ4v) is 4.71. The van der Waals surface area contributed by atoms with Gasteiger partial charge in [0.1, 0.15) is 5.75 Å². The molecule has 3 N–H and O–H groups in total. The maximum absolute atomic E-state index is 13.7. The van der Waals surface area contributed by atoms with E-state index in [0.29, 0.717) is 22.9 Å². The number of nitrogens with one attached hydrogen (secondary N) is 1. The lowest BCUT2D eigenvalue weighted by molar-refractivity contribution is -0.138. The van der Waals surface area contributed by atoms with Crippen molar-refractivity contribution in [2.24, 2.45) is 5.73 Å². The van der Waals surface area contributed by atoms with E-state index in [4.69, 9.17) is 10.5 Å². The third-order valence-electron chi connectivity index (χ3n) is 6.79. The van der Waals surface area contributed by atoms with Crippen LogP contribution in [0.5, 0.6) is 5.75 Å². The lowest BCUT2D eigenvalue weighted by Crippen LogP contribution is -2.32. The first-order chi connectivity index (χ1) is 17.7. The van der Waals surface area contributed by atoms with Crippen LogP contribution in [0.1, 0.15) is 58.4 Å². The second-order valence-electron chi connectivity index (χ2n) is 9.04. The second-order valence-corrected chi connectivity index (χ2v) is 9.04. The molecule has 0 atom stereocenters. The number of hydrogen-bond donors (Lipinski definition) is 2. The summed E-state index contributed by atoms with van der Waals surface area (Å²) in [6, 6.07) is 12.1. The number of halogens is 3. The molecule has 0 radical (unpaired) electrons. The van der Waals surface area contributed by atoms with E-state index in [1.54, 1.807) is 25.3 Å². The number of aromatic nitrogens is 2. The highest BCUT2D eigenvalue weighted by atomic mass is 19.4. The molecule has 1 aliphatic rings. The number of rotatable bonds is 8. The third-order valence-corrected chi connectivity index (χ3v) is 6.79. The van der Waals surface area contributed by atoms with E-state index in [1.807, 2.05) is 18.2 Å². The number of ether oxygens (including phenoxy) is 1. The van der Waals surface area contributed by atoms with Gasteiger partial charge in [-0.05, 0) is 67.7 Å². The maximum Gasteiger partial charge on any atom is 0.419 e. The van der Waals surface area contributed by atoms with Gasteiger partial charge in [-0.25, -0.2) is 9.97 Å². The monoisotopic (exact) mass is 513 g/mol. The molecule has 1 amide bonds. The highest BCUT2D eigenvalue weighted by Gasteiger charge is 2.35. The van der Waals surface area contributed by atoms with Crippen molar-refractivity contribution in [2.45, 2.75) is 38.3 Å². The summed E-state index contributed by atoms with van der Waals surface area (Å²) in [5, 5.41) is 3.00. The van der Waals surface area contributed by atoms with E-state index >= 15 is 0 Å². The number of nitrogens with two attached hydrogens (primary N) is 1. The van der Waals surface area contributed by atoms with E-state index < -0.39 is 17.6 Å². The summed E-state index contributed by atoms with van der Waals surface area (Å²) in [6.07, 6.45) is -2.04. The predicted octanol–water partition coefficient (Wildman–Crippen LogP) is 5.14. The van der Waals surface area contributed by atoms with Crippen molar-refractivity contribution in [1.29, 1.82) is 0 Å². The summed E-state index contributed by atoms with van der Waals surface area (Å²) < 4.78 is 46.8. The number of methoxy groups -OCH3 is 1. The number of nitrogens with zero attached hydrogens (tertiary/aromatic N) is 3. The Morgan fingerprint density at radius 3 is 2.57 bits per heavy atom. The van der Waals surface area contributed by atoms with Crippen LogP contribution in [0.4, 0.5) is 24.8 Å². The molecule has 0 unspecified atom stereocenters. The summed E-state index contributed by atoms with van der Waals surface area (Å²) in [5.74, 6) is 0.244. The van der Waals surface area contributed by atoms with Crippen molar-refractivity contribution in [3.63, 3.8) is 0 Å². The number of benzene rings is 2. The average Bonchev–Trinajstić information content (AvgIpc) is 2.88. The number of alkyl halides is 3. The molecule has 2 aromatic carbocycles. The van der Waals surface area contributed by atoms with Crippen molar-refractivity contribution in [2.75, 3.05) is 32.1 Å².